The highest BCUT2D eigenvalue weighted by Gasteiger charge is 2.29. The van der Waals surface area contributed by atoms with Crippen molar-refractivity contribution in [3.63, 3.8) is 0 Å². The summed E-state index contributed by atoms with van der Waals surface area (Å²) in [5.74, 6) is 0.846. The smallest absolute Gasteiger partial charge is 0.243 e. The van der Waals surface area contributed by atoms with Crippen molar-refractivity contribution in [3.8, 4) is 5.75 Å². The average molecular weight is 403 g/mol. The van der Waals surface area contributed by atoms with E-state index >= 15 is 0 Å². The van der Waals surface area contributed by atoms with Crippen LogP contribution in [-0.2, 0) is 15.4 Å². The molecular weight excluding hydrogens is 372 g/mol. The zero-order valence-corrected chi connectivity index (χ0v) is 18.0. The summed E-state index contributed by atoms with van der Waals surface area (Å²) in [5.41, 5.74) is 2.15. The van der Waals surface area contributed by atoms with Crippen LogP contribution in [0.15, 0.2) is 53.4 Å². The Kier molecular flexibility index (Phi) is 6.01. The van der Waals surface area contributed by atoms with Gasteiger partial charge < -0.3 is 9.64 Å². The molecule has 0 radical (unpaired) electrons. The number of piperazine rings is 1. The summed E-state index contributed by atoms with van der Waals surface area (Å²) in [6.45, 7) is 11.1. The molecule has 0 spiro atoms. The highest BCUT2D eigenvalue weighted by Crippen LogP contribution is 2.30. The van der Waals surface area contributed by atoms with E-state index in [1.54, 1.807) is 16.4 Å². The van der Waals surface area contributed by atoms with Gasteiger partial charge in [-0.1, -0.05) is 45.0 Å². The summed E-state index contributed by atoms with van der Waals surface area (Å²) < 4.78 is 33.4. The monoisotopic (exact) mass is 402 g/mol. The van der Waals surface area contributed by atoms with Gasteiger partial charge in [0.15, 0.2) is 0 Å². The number of hydrogen-bond acceptors (Lipinski definition) is 4. The maximum atomic E-state index is 13.0. The van der Waals surface area contributed by atoms with Crippen LogP contribution in [0.5, 0.6) is 5.75 Å². The van der Waals surface area contributed by atoms with Crippen molar-refractivity contribution in [2.75, 3.05) is 37.7 Å². The molecule has 2 aromatic rings. The number of benzene rings is 2. The third kappa shape index (κ3) is 4.33. The summed E-state index contributed by atoms with van der Waals surface area (Å²) in [4.78, 5) is 2.56. The van der Waals surface area contributed by atoms with E-state index in [9.17, 15) is 8.42 Å². The van der Waals surface area contributed by atoms with Crippen LogP contribution >= 0.6 is 0 Å². The lowest BCUT2D eigenvalue weighted by Crippen LogP contribution is -2.48. The second-order valence-corrected chi connectivity index (χ2v) is 10.0. The zero-order chi connectivity index (χ0) is 20.4. The second-order valence-electron chi connectivity index (χ2n) is 8.07. The van der Waals surface area contributed by atoms with Gasteiger partial charge in [0.2, 0.25) is 10.0 Å². The van der Waals surface area contributed by atoms with E-state index in [2.05, 4.69) is 25.7 Å². The van der Waals surface area contributed by atoms with Crippen molar-refractivity contribution in [2.45, 2.75) is 38.0 Å². The number of para-hydroxylation sites is 2. The Morgan fingerprint density at radius 3 is 2.11 bits per heavy atom. The number of ether oxygens (including phenoxy) is 1. The Morgan fingerprint density at radius 2 is 1.54 bits per heavy atom. The quantitative estimate of drug-likeness (QED) is 0.761. The minimum absolute atomic E-state index is 0.00185. The molecule has 0 atom stereocenters. The molecule has 152 valence electrons. The Hall–Kier alpha value is -2.05. The van der Waals surface area contributed by atoms with Gasteiger partial charge in [-0.05, 0) is 42.2 Å². The normalized spacial score (nSPS) is 16.2. The predicted octanol–water partition coefficient (Wildman–Crippen LogP) is 3.89. The van der Waals surface area contributed by atoms with E-state index in [4.69, 9.17) is 4.74 Å². The van der Waals surface area contributed by atoms with Gasteiger partial charge in [-0.3, -0.25) is 0 Å². The fraction of sp³-hybridized carbons (Fsp3) is 0.455. The first-order chi connectivity index (χ1) is 13.2. The molecule has 1 heterocycles. The van der Waals surface area contributed by atoms with Crippen molar-refractivity contribution in [1.29, 1.82) is 0 Å². The van der Waals surface area contributed by atoms with Crippen LogP contribution in [0.25, 0.3) is 0 Å². The van der Waals surface area contributed by atoms with Gasteiger partial charge in [-0.25, -0.2) is 8.42 Å². The molecule has 1 saturated heterocycles. The number of rotatable bonds is 5. The third-order valence-electron chi connectivity index (χ3n) is 5.10. The molecule has 0 saturated carbocycles. The number of sulfonamides is 1. The molecule has 0 aliphatic carbocycles. The Bertz CT molecular complexity index is 894. The van der Waals surface area contributed by atoms with Gasteiger partial charge in [0.1, 0.15) is 5.75 Å². The van der Waals surface area contributed by atoms with E-state index in [-0.39, 0.29) is 5.41 Å². The van der Waals surface area contributed by atoms with Gasteiger partial charge in [0, 0.05) is 26.2 Å². The highest BCUT2D eigenvalue weighted by molar-refractivity contribution is 7.89. The Labute approximate surface area is 169 Å². The van der Waals surface area contributed by atoms with Crippen molar-refractivity contribution < 1.29 is 13.2 Å². The molecule has 0 aromatic heterocycles. The van der Waals surface area contributed by atoms with Crippen LogP contribution in [0, 0.1) is 0 Å². The maximum Gasteiger partial charge on any atom is 0.243 e. The Balaban J connectivity index is 1.72. The minimum atomic E-state index is -3.47. The molecule has 0 unspecified atom stereocenters. The lowest BCUT2D eigenvalue weighted by molar-refractivity contribution is 0.337. The molecule has 5 nitrogen and oxygen atoms in total. The van der Waals surface area contributed by atoms with Gasteiger partial charge in [-0.2, -0.15) is 4.31 Å². The second kappa shape index (κ2) is 8.13. The first kappa shape index (κ1) is 20.7. The maximum absolute atomic E-state index is 13.0. The molecular formula is C22H30N2O3S. The summed E-state index contributed by atoms with van der Waals surface area (Å²) in [6.07, 6.45) is 0. The number of anilines is 1. The molecule has 3 rings (SSSR count). The van der Waals surface area contributed by atoms with Crippen LogP contribution in [0.1, 0.15) is 33.3 Å². The Morgan fingerprint density at radius 1 is 0.929 bits per heavy atom. The molecule has 0 N–H and O–H groups in total. The predicted molar refractivity (Wildman–Crippen MR) is 114 cm³/mol. The van der Waals surface area contributed by atoms with Crippen molar-refractivity contribution in [1.82, 2.24) is 4.31 Å². The summed E-state index contributed by atoms with van der Waals surface area (Å²) in [6, 6.07) is 15.2. The summed E-state index contributed by atoms with van der Waals surface area (Å²) in [7, 11) is -3.47. The minimum Gasteiger partial charge on any atom is -0.492 e. The van der Waals surface area contributed by atoms with E-state index in [0.29, 0.717) is 37.7 Å². The summed E-state index contributed by atoms with van der Waals surface area (Å²) >= 11 is 0. The molecule has 0 bridgehead atoms. The molecule has 6 heteroatoms. The SMILES string of the molecule is CCOc1ccccc1N1CCN(S(=O)(=O)c2ccc(C(C)(C)C)cc2)CC1. The van der Waals surface area contributed by atoms with Crippen LogP contribution in [0.3, 0.4) is 0 Å². The molecule has 0 amide bonds. The van der Waals surface area contributed by atoms with Gasteiger partial charge in [-0.15, -0.1) is 0 Å². The largest absolute Gasteiger partial charge is 0.492 e. The van der Waals surface area contributed by atoms with Gasteiger partial charge >= 0.3 is 0 Å². The van der Waals surface area contributed by atoms with Gasteiger partial charge in [0.25, 0.3) is 0 Å². The van der Waals surface area contributed by atoms with Crippen LogP contribution in [0.2, 0.25) is 0 Å². The zero-order valence-electron chi connectivity index (χ0n) is 17.2. The van der Waals surface area contributed by atoms with E-state index in [1.807, 2.05) is 43.3 Å². The van der Waals surface area contributed by atoms with Gasteiger partial charge in [0.05, 0.1) is 17.2 Å². The molecule has 2 aromatic carbocycles. The fourth-order valence-electron chi connectivity index (χ4n) is 3.44. The van der Waals surface area contributed by atoms with Crippen LogP contribution in [-0.4, -0.2) is 45.5 Å². The van der Waals surface area contributed by atoms with E-state index in [0.717, 1.165) is 17.0 Å². The lowest BCUT2D eigenvalue weighted by Gasteiger charge is -2.36. The van der Waals surface area contributed by atoms with Crippen molar-refractivity contribution in [2.24, 2.45) is 0 Å². The van der Waals surface area contributed by atoms with Crippen molar-refractivity contribution in [3.05, 3.63) is 54.1 Å². The highest BCUT2D eigenvalue weighted by atomic mass is 32.2. The van der Waals surface area contributed by atoms with E-state index in [1.165, 1.54) is 0 Å². The third-order valence-corrected chi connectivity index (χ3v) is 7.02. The van der Waals surface area contributed by atoms with Crippen molar-refractivity contribution >= 4 is 15.7 Å². The fourth-order valence-corrected chi connectivity index (χ4v) is 4.86. The number of nitrogens with zero attached hydrogens (tertiary/aromatic N) is 2. The van der Waals surface area contributed by atoms with Crippen LogP contribution in [0.4, 0.5) is 5.69 Å². The average Bonchev–Trinajstić information content (AvgIpc) is 2.68. The molecule has 28 heavy (non-hydrogen) atoms. The lowest BCUT2D eigenvalue weighted by atomic mass is 9.87. The van der Waals surface area contributed by atoms with Crippen LogP contribution < -0.4 is 9.64 Å². The molecule has 1 aliphatic heterocycles. The molecule has 1 fully saturated rings. The number of hydrogen-bond donors (Lipinski definition) is 0. The van der Waals surface area contributed by atoms with E-state index < -0.39 is 10.0 Å². The first-order valence-electron chi connectivity index (χ1n) is 9.81. The standard InChI is InChI=1S/C22H30N2O3S/c1-5-27-21-9-7-6-8-20(21)23-14-16-24(17-15-23)28(25,26)19-12-10-18(11-13-19)22(2,3)4/h6-13H,5,14-17H2,1-4H3. The summed E-state index contributed by atoms with van der Waals surface area (Å²) in [5, 5.41) is 0. The molecule has 1 aliphatic rings. The first-order valence-corrected chi connectivity index (χ1v) is 11.2. The topological polar surface area (TPSA) is 49.9 Å².